The smallest absolute Gasteiger partial charge is 0.252 e. The first-order valence-corrected chi connectivity index (χ1v) is 13.1. The third-order valence-corrected chi connectivity index (χ3v) is 7.16. The van der Waals surface area contributed by atoms with Crippen molar-refractivity contribution in [1.82, 2.24) is 20.1 Å². The highest BCUT2D eigenvalue weighted by Crippen LogP contribution is 2.33. The normalized spacial score (nSPS) is 15.0. The van der Waals surface area contributed by atoms with Crippen molar-refractivity contribution in [1.29, 1.82) is 0 Å². The van der Waals surface area contributed by atoms with Gasteiger partial charge in [0.25, 0.3) is 5.91 Å². The Morgan fingerprint density at radius 3 is 2.69 bits per heavy atom. The van der Waals surface area contributed by atoms with Gasteiger partial charge in [0.05, 0.1) is 15.5 Å². The molecule has 0 spiro atoms. The fourth-order valence-electron chi connectivity index (χ4n) is 3.60. The van der Waals surface area contributed by atoms with E-state index in [1.807, 2.05) is 6.26 Å². The van der Waals surface area contributed by atoms with E-state index in [4.69, 9.17) is 11.6 Å². The van der Waals surface area contributed by atoms with Crippen LogP contribution in [0.3, 0.4) is 0 Å². The first kappa shape index (κ1) is 22.1. The molecule has 29 heavy (non-hydrogen) atoms. The molecule has 7 nitrogen and oxygen atoms in total. The van der Waals surface area contributed by atoms with Crippen molar-refractivity contribution in [3.8, 4) is 0 Å². The first-order valence-electron chi connectivity index (χ1n) is 9.57. The highest BCUT2D eigenvalue weighted by molar-refractivity contribution is 7.98. The second-order valence-corrected chi connectivity index (χ2v) is 10.4. The maximum absolute atomic E-state index is 12.5. The summed E-state index contributed by atoms with van der Waals surface area (Å²) >= 11 is 7.69. The van der Waals surface area contributed by atoms with Gasteiger partial charge in [0.15, 0.2) is 15.0 Å². The first-order chi connectivity index (χ1) is 13.8. The molecule has 1 aliphatic carbocycles. The second kappa shape index (κ2) is 9.49. The molecule has 0 radical (unpaired) electrons. The zero-order valence-corrected chi connectivity index (χ0v) is 18.9. The number of thioether (sulfide) groups is 1. The number of benzene rings is 1. The number of sulfone groups is 1. The predicted octanol–water partition coefficient (Wildman–Crippen LogP) is 3.53. The summed E-state index contributed by atoms with van der Waals surface area (Å²) in [6.45, 7) is 0.435. The molecule has 1 aliphatic rings. The molecule has 0 saturated heterocycles. The minimum Gasteiger partial charge on any atom is -0.352 e. The maximum atomic E-state index is 12.5. The van der Waals surface area contributed by atoms with Crippen molar-refractivity contribution in [2.75, 3.05) is 19.1 Å². The lowest BCUT2D eigenvalue weighted by molar-refractivity contribution is 0.0953. The minimum atomic E-state index is -3.41. The fraction of sp³-hybridized carbons (Fsp3) is 0.526. The van der Waals surface area contributed by atoms with Crippen LogP contribution in [0.2, 0.25) is 5.02 Å². The maximum Gasteiger partial charge on any atom is 0.252 e. The SMILES string of the molecule is CSc1nnc(CCCNC(=O)c2cc(S(C)(=O)=O)ccc2Cl)n1C1CCCC1. The van der Waals surface area contributed by atoms with Gasteiger partial charge in [0.2, 0.25) is 0 Å². The summed E-state index contributed by atoms with van der Waals surface area (Å²) < 4.78 is 25.7. The number of amides is 1. The molecular formula is C19H25ClN4O3S2. The highest BCUT2D eigenvalue weighted by Gasteiger charge is 2.23. The highest BCUT2D eigenvalue weighted by atomic mass is 35.5. The molecule has 3 rings (SSSR count). The lowest BCUT2D eigenvalue weighted by Crippen LogP contribution is -2.25. The van der Waals surface area contributed by atoms with Gasteiger partial charge in [-0.1, -0.05) is 36.2 Å². The van der Waals surface area contributed by atoms with E-state index < -0.39 is 9.84 Å². The summed E-state index contributed by atoms with van der Waals surface area (Å²) in [7, 11) is -3.41. The van der Waals surface area contributed by atoms with E-state index in [2.05, 4.69) is 20.1 Å². The van der Waals surface area contributed by atoms with Gasteiger partial charge in [-0.05, 0) is 43.7 Å². The second-order valence-electron chi connectivity index (χ2n) is 7.18. The molecule has 158 valence electrons. The largest absolute Gasteiger partial charge is 0.352 e. The summed E-state index contributed by atoms with van der Waals surface area (Å²) in [4.78, 5) is 12.5. The number of carbonyl (C=O) groups excluding carboxylic acids is 1. The third kappa shape index (κ3) is 5.32. The van der Waals surface area contributed by atoms with Crippen molar-refractivity contribution >= 4 is 39.1 Å². The van der Waals surface area contributed by atoms with Gasteiger partial charge in [0, 0.05) is 25.3 Å². The Labute approximate surface area is 180 Å². The minimum absolute atomic E-state index is 0.0707. The van der Waals surface area contributed by atoms with Gasteiger partial charge in [-0.3, -0.25) is 4.79 Å². The lowest BCUT2D eigenvalue weighted by Gasteiger charge is -2.16. The molecule has 1 aromatic heterocycles. The average molecular weight is 457 g/mol. The fourth-order valence-corrected chi connectivity index (χ4v) is 5.02. The zero-order valence-electron chi connectivity index (χ0n) is 16.5. The number of aromatic nitrogens is 3. The van der Waals surface area contributed by atoms with Crippen molar-refractivity contribution < 1.29 is 13.2 Å². The number of nitrogens with zero attached hydrogens (tertiary/aromatic N) is 3. The zero-order chi connectivity index (χ0) is 21.0. The predicted molar refractivity (Wildman–Crippen MR) is 115 cm³/mol. The number of nitrogens with one attached hydrogen (secondary N) is 1. The average Bonchev–Trinajstić information content (AvgIpc) is 3.33. The van der Waals surface area contributed by atoms with Crippen LogP contribution in [-0.4, -0.2) is 48.1 Å². The summed E-state index contributed by atoms with van der Waals surface area (Å²) in [6, 6.07) is 4.61. The Kier molecular flexibility index (Phi) is 7.23. The van der Waals surface area contributed by atoms with Gasteiger partial charge in [-0.15, -0.1) is 10.2 Å². The number of rotatable bonds is 8. The quantitative estimate of drug-likeness (QED) is 0.482. The Balaban J connectivity index is 1.60. The Morgan fingerprint density at radius 2 is 2.03 bits per heavy atom. The molecule has 0 bridgehead atoms. The van der Waals surface area contributed by atoms with Crippen LogP contribution in [0.4, 0.5) is 0 Å². The van der Waals surface area contributed by atoms with Crippen molar-refractivity contribution in [3.63, 3.8) is 0 Å². The summed E-state index contributed by atoms with van der Waals surface area (Å²) in [6.07, 6.45) is 9.30. The Bertz CT molecular complexity index is 985. The molecule has 2 aromatic rings. The van der Waals surface area contributed by atoms with E-state index in [1.165, 1.54) is 31.0 Å². The van der Waals surface area contributed by atoms with E-state index in [1.54, 1.807) is 11.8 Å². The summed E-state index contributed by atoms with van der Waals surface area (Å²) in [5.41, 5.74) is 0.161. The lowest BCUT2D eigenvalue weighted by atomic mass is 10.2. The molecule has 1 fully saturated rings. The topological polar surface area (TPSA) is 94.0 Å². The van der Waals surface area contributed by atoms with Crippen molar-refractivity contribution in [2.45, 2.75) is 54.6 Å². The number of carbonyl (C=O) groups is 1. The van der Waals surface area contributed by atoms with Gasteiger partial charge < -0.3 is 9.88 Å². The molecule has 0 aliphatic heterocycles. The summed E-state index contributed by atoms with van der Waals surface area (Å²) in [5.74, 6) is 0.565. The summed E-state index contributed by atoms with van der Waals surface area (Å²) in [5, 5.41) is 12.6. The van der Waals surface area contributed by atoms with Crippen LogP contribution in [0, 0.1) is 0 Å². The van der Waals surface area contributed by atoms with E-state index in [0.29, 0.717) is 25.4 Å². The number of halogens is 1. The molecule has 0 unspecified atom stereocenters. The van der Waals surface area contributed by atoms with E-state index in [9.17, 15) is 13.2 Å². The monoisotopic (exact) mass is 456 g/mol. The van der Waals surface area contributed by atoms with Gasteiger partial charge in [-0.25, -0.2) is 8.42 Å². The third-order valence-electron chi connectivity index (χ3n) is 5.08. The molecule has 1 heterocycles. The number of hydrogen-bond acceptors (Lipinski definition) is 6. The van der Waals surface area contributed by atoms with Crippen LogP contribution >= 0.6 is 23.4 Å². The molecule has 10 heteroatoms. The molecule has 1 aromatic carbocycles. The molecule has 1 N–H and O–H groups in total. The van der Waals surface area contributed by atoms with E-state index in [0.717, 1.165) is 30.1 Å². The molecule has 1 amide bonds. The van der Waals surface area contributed by atoms with E-state index in [-0.39, 0.29) is 21.4 Å². The van der Waals surface area contributed by atoms with Crippen LogP contribution in [0.1, 0.15) is 54.3 Å². The van der Waals surface area contributed by atoms with Crippen LogP contribution in [-0.2, 0) is 16.3 Å². The molecule has 0 atom stereocenters. The van der Waals surface area contributed by atoms with Gasteiger partial charge in [-0.2, -0.15) is 0 Å². The van der Waals surface area contributed by atoms with Crippen LogP contribution in [0.15, 0.2) is 28.3 Å². The van der Waals surface area contributed by atoms with Crippen LogP contribution < -0.4 is 5.32 Å². The molecule has 1 saturated carbocycles. The standard InChI is InChI=1S/C19H25ClN4O3S2/c1-28-19-23-22-17(24(19)13-6-3-4-7-13)8-5-11-21-18(25)15-12-14(29(2,26)27)9-10-16(15)20/h9-10,12-13H,3-8,11H2,1-2H3,(H,21,25). The van der Waals surface area contributed by atoms with Gasteiger partial charge >= 0.3 is 0 Å². The van der Waals surface area contributed by atoms with Crippen molar-refractivity contribution in [3.05, 3.63) is 34.6 Å². The van der Waals surface area contributed by atoms with E-state index >= 15 is 0 Å². The number of aryl methyl sites for hydroxylation is 1. The number of hydrogen-bond donors (Lipinski definition) is 1. The Morgan fingerprint density at radius 1 is 1.31 bits per heavy atom. The van der Waals surface area contributed by atoms with Crippen LogP contribution in [0.25, 0.3) is 0 Å². The van der Waals surface area contributed by atoms with Crippen molar-refractivity contribution in [2.24, 2.45) is 0 Å². The Hall–Kier alpha value is -1.58. The van der Waals surface area contributed by atoms with Crippen LogP contribution in [0.5, 0.6) is 0 Å². The molecular weight excluding hydrogens is 432 g/mol. The van der Waals surface area contributed by atoms with Gasteiger partial charge in [0.1, 0.15) is 5.82 Å².